The molecule has 7 heteroatoms. The predicted molar refractivity (Wildman–Crippen MR) is 73.1 cm³/mol. The number of anilines is 2. The minimum atomic E-state index is -3.07. The van der Waals surface area contributed by atoms with E-state index in [-0.39, 0.29) is 22.8 Å². The highest BCUT2D eigenvalue weighted by atomic mass is 32.2. The lowest BCUT2D eigenvalue weighted by Crippen LogP contribution is -2.36. The van der Waals surface area contributed by atoms with Gasteiger partial charge in [-0.05, 0) is 25.5 Å². The van der Waals surface area contributed by atoms with Crippen molar-refractivity contribution in [1.82, 2.24) is 0 Å². The second-order valence-corrected chi connectivity index (χ2v) is 7.29. The number of para-hydroxylation sites is 1. The third kappa shape index (κ3) is 2.81. The molecule has 1 aliphatic rings. The first-order valence-corrected chi connectivity index (χ1v) is 7.65. The lowest BCUT2D eigenvalue weighted by molar-refractivity contribution is 0.0698. The topological polar surface area (TPSA) is 109 Å². The molecule has 0 spiro atoms. The molecule has 4 N–H and O–H groups in total. The van der Waals surface area contributed by atoms with E-state index in [4.69, 9.17) is 10.8 Å². The Morgan fingerprint density at radius 3 is 2.68 bits per heavy atom. The Bertz CT molecular complexity index is 627. The maximum atomic E-state index is 11.6. The van der Waals surface area contributed by atoms with Crippen LogP contribution in [0.25, 0.3) is 0 Å². The fourth-order valence-electron chi connectivity index (χ4n) is 2.30. The molecule has 0 aromatic heterocycles. The van der Waals surface area contributed by atoms with E-state index < -0.39 is 21.3 Å². The third-order valence-electron chi connectivity index (χ3n) is 3.26. The predicted octanol–water partition coefficient (Wildman–Crippen LogP) is 0.956. The molecule has 0 amide bonds. The van der Waals surface area contributed by atoms with Crippen molar-refractivity contribution in [2.24, 2.45) is 0 Å². The maximum absolute atomic E-state index is 11.6. The van der Waals surface area contributed by atoms with E-state index in [2.05, 4.69) is 5.32 Å². The van der Waals surface area contributed by atoms with Crippen LogP contribution >= 0.6 is 0 Å². The summed E-state index contributed by atoms with van der Waals surface area (Å²) >= 11 is 0. The van der Waals surface area contributed by atoms with Crippen molar-refractivity contribution in [2.45, 2.75) is 18.9 Å². The van der Waals surface area contributed by atoms with Crippen molar-refractivity contribution in [3.63, 3.8) is 0 Å². The molecule has 1 aromatic rings. The highest BCUT2D eigenvalue weighted by molar-refractivity contribution is 7.91. The molecule has 2 rings (SSSR count). The quantitative estimate of drug-likeness (QED) is 0.713. The van der Waals surface area contributed by atoms with Crippen molar-refractivity contribution in [3.8, 4) is 0 Å². The number of nitrogens with two attached hydrogens (primary N) is 1. The summed E-state index contributed by atoms with van der Waals surface area (Å²) < 4.78 is 23.1. The molecule has 1 aliphatic heterocycles. The van der Waals surface area contributed by atoms with Crippen LogP contribution in [0, 0.1) is 0 Å². The Morgan fingerprint density at radius 1 is 1.47 bits per heavy atom. The summed E-state index contributed by atoms with van der Waals surface area (Å²) in [5.41, 5.74) is 5.74. The van der Waals surface area contributed by atoms with Gasteiger partial charge < -0.3 is 16.2 Å². The van der Waals surface area contributed by atoms with Gasteiger partial charge in [0, 0.05) is 5.54 Å². The molecule has 19 heavy (non-hydrogen) atoms. The summed E-state index contributed by atoms with van der Waals surface area (Å²) in [7, 11) is -3.07. The Morgan fingerprint density at radius 2 is 2.16 bits per heavy atom. The smallest absolute Gasteiger partial charge is 0.337 e. The second kappa shape index (κ2) is 4.41. The molecule has 1 fully saturated rings. The number of hydrogen-bond acceptors (Lipinski definition) is 5. The zero-order chi connectivity index (χ0) is 14.3. The van der Waals surface area contributed by atoms with Gasteiger partial charge in [-0.3, -0.25) is 0 Å². The van der Waals surface area contributed by atoms with Crippen LogP contribution in [0.1, 0.15) is 23.7 Å². The van der Waals surface area contributed by atoms with Gasteiger partial charge in [0.05, 0.1) is 28.4 Å². The Kier molecular flexibility index (Phi) is 3.17. The number of nitrogens with one attached hydrogen (secondary N) is 1. The summed E-state index contributed by atoms with van der Waals surface area (Å²) in [6.45, 7) is 1.76. The van der Waals surface area contributed by atoms with E-state index >= 15 is 0 Å². The van der Waals surface area contributed by atoms with Crippen molar-refractivity contribution in [2.75, 3.05) is 22.6 Å². The molecule has 0 saturated carbocycles. The van der Waals surface area contributed by atoms with Gasteiger partial charge in [0.2, 0.25) is 0 Å². The van der Waals surface area contributed by atoms with Gasteiger partial charge in [-0.1, -0.05) is 6.07 Å². The van der Waals surface area contributed by atoms with E-state index in [0.717, 1.165) is 0 Å². The average Bonchev–Trinajstić information content (AvgIpc) is 2.56. The van der Waals surface area contributed by atoms with Crippen LogP contribution in [-0.2, 0) is 9.84 Å². The van der Waals surface area contributed by atoms with Gasteiger partial charge in [0.1, 0.15) is 0 Å². The fraction of sp³-hybridized carbons (Fsp3) is 0.417. The lowest BCUT2D eigenvalue weighted by atomic mass is 10.00. The zero-order valence-corrected chi connectivity index (χ0v) is 11.3. The van der Waals surface area contributed by atoms with Crippen LogP contribution in [0.4, 0.5) is 11.4 Å². The minimum Gasteiger partial charge on any atom is -0.478 e. The van der Waals surface area contributed by atoms with Crippen molar-refractivity contribution < 1.29 is 18.3 Å². The molecule has 104 valence electrons. The number of carbonyl (C=O) groups is 1. The Balaban J connectivity index is 2.37. The van der Waals surface area contributed by atoms with E-state index in [9.17, 15) is 13.2 Å². The molecular formula is C12H16N2O4S. The molecule has 1 saturated heterocycles. The lowest BCUT2D eigenvalue weighted by Gasteiger charge is -2.27. The van der Waals surface area contributed by atoms with Gasteiger partial charge in [-0.2, -0.15) is 0 Å². The number of sulfone groups is 1. The fourth-order valence-corrected chi connectivity index (χ4v) is 4.39. The summed E-state index contributed by atoms with van der Waals surface area (Å²) in [5, 5.41) is 12.1. The second-order valence-electron chi connectivity index (χ2n) is 5.10. The van der Waals surface area contributed by atoms with Crippen LogP contribution in [0.5, 0.6) is 0 Å². The number of benzene rings is 1. The SMILES string of the molecule is CC1(Nc2c(N)cccc2C(=O)O)CCS(=O)(=O)C1. The van der Waals surface area contributed by atoms with E-state index in [0.29, 0.717) is 12.1 Å². The summed E-state index contributed by atoms with van der Waals surface area (Å²) in [6.07, 6.45) is 0.433. The van der Waals surface area contributed by atoms with Crippen LogP contribution < -0.4 is 11.1 Å². The van der Waals surface area contributed by atoms with Gasteiger partial charge in [-0.25, -0.2) is 13.2 Å². The molecule has 0 radical (unpaired) electrons. The molecule has 1 atom stereocenters. The zero-order valence-electron chi connectivity index (χ0n) is 10.5. The largest absolute Gasteiger partial charge is 0.478 e. The standard InChI is InChI=1S/C12H16N2O4S/c1-12(5-6-19(17,18)7-12)14-10-8(11(15)16)3-2-4-9(10)13/h2-4,14H,5-7,13H2,1H3,(H,15,16). The summed E-state index contributed by atoms with van der Waals surface area (Å²) in [6, 6.07) is 4.58. The van der Waals surface area contributed by atoms with E-state index in [1.165, 1.54) is 6.07 Å². The molecule has 1 heterocycles. The Hall–Kier alpha value is -1.76. The number of carboxylic acids is 1. The molecular weight excluding hydrogens is 268 g/mol. The molecule has 1 aromatic carbocycles. The summed E-state index contributed by atoms with van der Waals surface area (Å²) in [4.78, 5) is 11.2. The number of hydrogen-bond donors (Lipinski definition) is 3. The first-order valence-electron chi connectivity index (χ1n) is 5.83. The number of nitrogen functional groups attached to an aromatic ring is 1. The first kappa shape index (κ1) is 13.7. The third-order valence-corrected chi connectivity index (χ3v) is 5.16. The number of carboxylic acid groups (broad SMARTS) is 1. The van der Waals surface area contributed by atoms with E-state index in [1.807, 2.05) is 0 Å². The van der Waals surface area contributed by atoms with Gasteiger partial charge in [-0.15, -0.1) is 0 Å². The number of rotatable bonds is 3. The first-order chi connectivity index (χ1) is 8.72. The van der Waals surface area contributed by atoms with Crippen LogP contribution in [0.15, 0.2) is 18.2 Å². The highest BCUT2D eigenvalue weighted by Gasteiger charge is 2.39. The number of aromatic carboxylic acids is 1. The van der Waals surface area contributed by atoms with Crippen molar-refractivity contribution >= 4 is 27.2 Å². The molecule has 1 unspecified atom stereocenters. The maximum Gasteiger partial charge on any atom is 0.337 e. The normalized spacial score (nSPS) is 25.1. The monoisotopic (exact) mass is 284 g/mol. The molecule has 0 bridgehead atoms. The van der Waals surface area contributed by atoms with E-state index in [1.54, 1.807) is 19.1 Å². The highest BCUT2D eigenvalue weighted by Crippen LogP contribution is 2.32. The average molecular weight is 284 g/mol. The minimum absolute atomic E-state index is 0.0204. The van der Waals surface area contributed by atoms with Gasteiger partial charge >= 0.3 is 5.97 Å². The van der Waals surface area contributed by atoms with Crippen LogP contribution in [0.2, 0.25) is 0 Å². The van der Waals surface area contributed by atoms with Crippen molar-refractivity contribution in [3.05, 3.63) is 23.8 Å². The van der Waals surface area contributed by atoms with Crippen LogP contribution in [0.3, 0.4) is 0 Å². The van der Waals surface area contributed by atoms with Gasteiger partial charge in [0.15, 0.2) is 9.84 Å². The Labute approximate surface area is 111 Å². The van der Waals surface area contributed by atoms with Crippen molar-refractivity contribution in [1.29, 1.82) is 0 Å². The van der Waals surface area contributed by atoms with Gasteiger partial charge in [0.25, 0.3) is 0 Å². The molecule has 0 aliphatic carbocycles. The van der Waals surface area contributed by atoms with Crippen LogP contribution in [-0.4, -0.2) is 36.5 Å². The summed E-state index contributed by atoms with van der Waals surface area (Å²) in [5.74, 6) is -1.02. The molecule has 6 nitrogen and oxygen atoms in total.